The van der Waals surface area contributed by atoms with E-state index in [1.165, 1.54) is 0 Å². The fourth-order valence-electron chi connectivity index (χ4n) is 1.66. The van der Waals surface area contributed by atoms with Gasteiger partial charge >= 0.3 is 5.97 Å². The maximum atomic E-state index is 10.6. The van der Waals surface area contributed by atoms with Gasteiger partial charge in [0, 0.05) is 6.07 Å². The fourth-order valence-corrected chi connectivity index (χ4v) is 1.95. The van der Waals surface area contributed by atoms with Crippen molar-refractivity contribution < 1.29 is 14.6 Å². The summed E-state index contributed by atoms with van der Waals surface area (Å²) in [4.78, 5) is 10.6. The molecule has 0 spiro atoms. The normalized spacial score (nSPS) is 10.3. The quantitative estimate of drug-likeness (QED) is 0.900. The number of carboxylic acids is 1. The summed E-state index contributed by atoms with van der Waals surface area (Å²) in [5, 5.41) is 9.62. The molecule has 20 heavy (non-hydrogen) atoms. The molecule has 0 aliphatic rings. The first-order valence-corrected chi connectivity index (χ1v) is 6.67. The third-order valence-corrected chi connectivity index (χ3v) is 3.41. The summed E-state index contributed by atoms with van der Waals surface area (Å²) in [5.41, 5.74) is 1.71. The Bertz CT molecular complexity index is 609. The van der Waals surface area contributed by atoms with Gasteiger partial charge in [-0.05, 0) is 23.3 Å². The molecule has 0 amide bonds. The number of carbonyl (C=O) groups is 1. The molecule has 5 heteroatoms. The summed E-state index contributed by atoms with van der Waals surface area (Å²) < 4.78 is 5.59. The Labute approximate surface area is 126 Å². The van der Waals surface area contributed by atoms with Crippen molar-refractivity contribution in [1.29, 1.82) is 0 Å². The Balaban J connectivity index is 1.96. The van der Waals surface area contributed by atoms with E-state index >= 15 is 0 Å². The molecule has 0 aliphatic carbocycles. The number of aliphatic carboxylic acids is 1. The lowest BCUT2D eigenvalue weighted by molar-refractivity contribution is -0.136. The molecule has 1 N–H and O–H groups in total. The van der Waals surface area contributed by atoms with Gasteiger partial charge in [0.15, 0.2) is 0 Å². The Kier molecular flexibility index (Phi) is 4.88. The number of hydrogen-bond donors (Lipinski definition) is 1. The standard InChI is InChI=1S/C15H12Cl2O3/c16-13-6-5-12(8-14(13)17)20-9-11-3-1-10(2-4-11)7-15(18)19/h1-6,8H,7,9H2,(H,18,19). The number of carboxylic acid groups (broad SMARTS) is 1. The highest BCUT2D eigenvalue weighted by atomic mass is 35.5. The second-order valence-corrected chi connectivity index (χ2v) is 5.07. The van der Waals surface area contributed by atoms with Crippen LogP contribution in [0.15, 0.2) is 42.5 Å². The Hall–Kier alpha value is -1.71. The minimum atomic E-state index is -0.843. The second kappa shape index (κ2) is 6.64. The molecule has 0 aliphatic heterocycles. The topological polar surface area (TPSA) is 46.5 Å². The van der Waals surface area contributed by atoms with Gasteiger partial charge in [-0.2, -0.15) is 0 Å². The monoisotopic (exact) mass is 310 g/mol. The highest BCUT2D eigenvalue weighted by molar-refractivity contribution is 6.42. The third kappa shape index (κ3) is 4.15. The number of rotatable bonds is 5. The van der Waals surface area contributed by atoms with E-state index in [2.05, 4.69) is 0 Å². The van der Waals surface area contributed by atoms with Crippen molar-refractivity contribution in [3.63, 3.8) is 0 Å². The molecule has 0 aromatic heterocycles. The van der Waals surface area contributed by atoms with Crippen LogP contribution in [0.3, 0.4) is 0 Å². The maximum Gasteiger partial charge on any atom is 0.307 e. The second-order valence-electron chi connectivity index (χ2n) is 4.25. The van der Waals surface area contributed by atoms with Gasteiger partial charge in [0.1, 0.15) is 12.4 Å². The molecule has 0 bridgehead atoms. The lowest BCUT2D eigenvalue weighted by atomic mass is 10.1. The van der Waals surface area contributed by atoms with Crippen LogP contribution >= 0.6 is 23.2 Å². The van der Waals surface area contributed by atoms with Gasteiger partial charge < -0.3 is 9.84 Å². The lowest BCUT2D eigenvalue weighted by Crippen LogP contribution is -2.00. The van der Waals surface area contributed by atoms with Crippen LogP contribution in [0.25, 0.3) is 0 Å². The highest BCUT2D eigenvalue weighted by Crippen LogP contribution is 2.26. The Morgan fingerprint density at radius 2 is 1.65 bits per heavy atom. The lowest BCUT2D eigenvalue weighted by Gasteiger charge is -2.07. The van der Waals surface area contributed by atoms with Crippen molar-refractivity contribution >= 4 is 29.2 Å². The summed E-state index contributed by atoms with van der Waals surface area (Å²) in [7, 11) is 0. The number of hydrogen-bond acceptors (Lipinski definition) is 2. The highest BCUT2D eigenvalue weighted by Gasteiger charge is 2.03. The molecule has 0 saturated carbocycles. The average Bonchev–Trinajstić information content (AvgIpc) is 2.41. The van der Waals surface area contributed by atoms with E-state index in [9.17, 15) is 4.79 Å². The van der Waals surface area contributed by atoms with Crippen molar-refractivity contribution in [1.82, 2.24) is 0 Å². The van der Waals surface area contributed by atoms with Crippen molar-refractivity contribution in [2.45, 2.75) is 13.0 Å². The Morgan fingerprint density at radius 3 is 2.25 bits per heavy atom. The third-order valence-electron chi connectivity index (χ3n) is 2.67. The van der Waals surface area contributed by atoms with Crippen molar-refractivity contribution in [2.24, 2.45) is 0 Å². The van der Waals surface area contributed by atoms with Crippen LogP contribution in [0.1, 0.15) is 11.1 Å². The van der Waals surface area contributed by atoms with Crippen LogP contribution in [0, 0.1) is 0 Å². The molecule has 0 heterocycles. The molecule has 0 saturated heterocycles. The van der Waals surface area contributed by atoms with Crippen LogP contribution in [0.4, 0.5) is 0 Å². The average molecular weight is 311 g/mol. The summed E-state index contributed by atoms with van der Waals surface area (Å²) in [6, 6.07) is 12.3. The molecule has 0 fully saturated rings. The summed E-state index contributed by atoms with van der Waals surface area (Å²) >= 11 is 11.7. The minimum Gasteiger partial charge on any atom is -0.489 e. The summed E-state index contributed by atoms with van der Waals surface area (Å²) in [6.45, 7) is 0.380. The van der Waals surface area contributed by atoms with E-state index in [-0.39, 0.29) is 6.42 Å². The molecule has 0 unspecified atom stereocenters. The number of halogens is 2. The van der Waals surface area contributed by atoms with E-state index in [0.29, 0.717) is 22.4 Å². The van der Waals surface area contributed by atoms with Gasteiger partial charge in [0.25, 0.3) is 0 Å². The van der Waals surface area contributed by atoms with Crippen LogP contribution in [-0.2, 0) is 17.8 Å². The first kappa shape index (κ1) is 14.7. The zero-order valence-corrected chi connectivity index (χ0v) is 12.0. The molecule has 2 aromatic rings. The zero-order chi connectivity index (χ0) is 14.5. The molecule has 2 aromatic carbocycles. The smallest absolute Gasteiger partial charge is 0.307 e. The maximum absolute atomic E-state index is 10.6. The first-order chi connectivity index (χ1) is 9.54. The molecule has 3 nitrogen and oxygen atoms in total. The molecular formula is C15H12Cl2O3. The SMILES string of the molecule is O=C(O)Cc1ccc(COc2ccc(Cl)c(Cl)c2)cc1. The van der Waals surface area contributed by atoms with E-state index in [1.54, 1.807) is 30.3 Å². The summed E-state index contributed by atoms with van der Waals surface area (Å²) in [5.74, 6) is -0.209. The van der Waals surface area contributed by atoms with Gasteiger partial charge in [0.2, 0.25) is 0 Å². The van der Waals surface area contributed by atoms with Crippen molar-refractivity contribution in [3.8, 4) is 5.75 Å². The van der Waals surface area contributed by atoms with Gasteiger partial charge in [-0.1, -0.05) is 47.5 Å². The summed E-state index contributed by atoms with van der Waals surface area (Å²) in [6.07, 6.45) is 0.0218. The van der Waals surface area contributed by atoms with Crippen LogP contribution in [0.5, 0.6) is 5.75 Å². The largest absolute Gasteiger partial charge is 0.489 e. The van der Waals surface area contributed by atoms with E-state index < -0.39 is 5.97 Å². The predicted octanol–water partition coefficient (Wildman–Crippen LogP) is 4.20. The van der Waals surface area contributed by atoms with Crippen LogP contribution < -0.4 is 4.74 Å². The van der Waals surface area contributed by atoms with Gasteiger partial charge in [-0.25, -0.2) is 0 Å². The van der Waals surface area contributed by atoms with Gasteiger partial charge in [-0.15, -0.1) is 0 Å². The number of ether oxygens (including phenoxy) is 1. The molecule has 0 radical (unpaired) electrons. The first-order valence-electron chi connectivity index (χ1n) is 5.92. The predicted molar refractivity (Wildman–Crippen MR) is 78.6 cm³/mol. The van der Waals surface area contributed by atoms with Crippen molar-refractivity contribution in [2.75, 3.05) is 0 Å². The van der Waals surface area contributed by atoms with Gasteiger partial charge in [0.05, 0.1) is 16.5 Å². The fraction of sp³-hybridized carbons (Fsp3) is 0.133. The van der Waals surface area contributed by atoms with E-state index in [1.807, 2.05) is 12.1 Å². The zero-order valence-electron chi connectivity index (χ0n) is 10.5. The van der Waals surface area contributed by atoms with E-state index in [0.717, 1.165) is 11.1 Å². The molecule has 104 valence electrons. The number of benzene rings is 2. The molecule has 0 atom stereocenters. The van der Waals surface area contributed by atoms with Crippen LogP contribution in [-0.4, -0.2) is 11.1 Å². The minimum absolute atomic E-state index is 0.0218. The molecule has 2 rings (SSSR count). The van der Waals surface area contributed by atoms with E-state index in [4.69, 9.17) is 33.0 Å². The van der Waals surface area contributed by atoms with Crippen LogP contribution in [0.2, 0.25) is 10.0 Å². The van der Waals surface area contributed by atoms with Crippen molar-refractivity contribution in [3.05, 3.63) is 63.6 Å². The Morgan fingerprint density at radius 1 is 1.00 bits per heavy atom. The van der Waals surface area contributed by atoms with Gasteiger partial charge in [-0.3, -0.25) is 4.79 Å². The molecular weight excluding hydrogens is 299 g/mol.